The zero-order chi connectivity index (χ0) is 16.8. The standard InChI is InChI=1S/C14H11F3N4O2/c1-7-10(8-2-4-18-5-3-8)11-19-12(22)9(6-14(15,16)17)13(23)21(11)20-7/h2-5,23H,6H2,1H3,(H,19,22). The zero-order valence-electron chi connectivity index (χ0n) is 11.8. The predicted molar refractivity (Wildman–Crippen MR) is 75.2 cm³/mol. The minimum atomic E-state index is -4.62. The first-order valence-electron chi connectivity index (χ1n) is 6.58. The van der Waals surface area contributed by atoms with Gasteiger partial charge in [-0.3, -0.25) is 9.78 Å². The summed E-state index contributed by atoms with van der Waals surface area (Å²) < 4.78 is 38.6. The first-order chi connectivity index (χ1) is 10.8. The van der Waals surface area contributed by atoms with Crippen molar-refractivity contribution in [2.45, 2.75) is 19.5 Å². The van der Waals surface area contributed by atoms with Crippen molar-refractivity contribution in [3.8, 4) is 17.0 Å². The molecule has 3 rings (SSSR count). The molecule has 0 unspecified atom stereocenters. The van der Waals surface area contributed by atoms with Gasteiger partial charge in [-0.1, -0.05) is 0 Å². The summed E-state index contributed by atoms with van der Waals surface area (Å²) in [5.74, 6) is -0.815. The number of alkyl halides is 3. The van der Waals surface area contributed by atoms with Gasteiger partial charge >= 0.3 is 6.18 Å². The van der Waals surface area contributed by atoms with Crippen molar-refractivity contribution in [2.24, 2.45) is 0 Å². The number of nitrogens with one attached hydrogen (secondary N) is 1. The Bertz CT molecular complexity index is 929. The number of aromatic hydroxyl groups is 1. The van der Waals surface area contributed by atoms with Gasteiger partial charge in [0.2, 0.25) is 5.88 Å². The lowest BCUT2D eigenvalue weighted by Gasteiger charge is -2.08. The molecule has 0 saturated carbocycles. The van der Waals surface area contributed by atoms with Crippen molar-refractivity contribution in [1.29, 1.82) is 0 Å². The predicted octanol–water partition coefficient (Wildman–Crippen LogP) is 2.20. The lowest BCUT2D eigenvalue weighted by atomic mass is 10.1. The van der Waals surface area contributed by atoms with Crippen LogP contribution in [-0.2, 0) is 6.42 Å². The number of hydrogen-bond acceptors (Lipinski definition) is 4. The molecule has 2 N–H and O–H groups in total. The fraction of sp³-hybridized carbons (Fsp3) is 0.214. The van der Waals surface area contributed by atoms with Gasteiger partial charge in [-0.2, -0.15) is 22.8 Å². The third-order valence-electron chi connectivity index (χ3n) is 3.38. The normalized spacial score (nSPS) is 12.0. The number of pyridine rings is 1. The number of halogens is 3. The molecule has 0 amide bonds. The molecule has 0 spiro atoms. The van der Waals surface area contributed by atoms with E-state index in [2.05, 4.69) is 15.1 Å². The van der Waals surface area contributed by atoms with E-state index in [-0.39, 0.29) is 5.65 Å². The van der Waals surface area contributed by atoms with Gasteiger partial charge in [0.15, 0.2) is 0 Å². The van der Waals surface area contributed by atoms with E-state index in [9.17, 15) is 23.1 Å². The third kappa shape index (κ3) is 2.65. The van der Waals surface area contributed by atoms with Crippen LogP contribution < -0.4 is 5.56 Å². The number of rotatable bonds is 2. The summed E-state index contributed by atoms with van der Waals surface area (Å²) in [6.45, 7) is 1.63. The van der Waals surface area contributed by atoms with Crippen molar-refractivity contribution in [3.63, 3.8) is 0 Å². The van der Waals surface area contributed by atoms with Crippen LogP contribution in [0, 0.1) is 6.92 Å². The minimum absolute atomic E-state index is 0.127. The number of aromatic nitrogens is 4. The van der Waals surface area contributed by atoms with Crippen LogP contribution in [0.25, 0.3) is 16.8 Å². The van der Waals surface area contributed by atoms with Crippen LogP contribution in [0.3, 0.4) is 0 Å². The number of aryl methyl sites for hydroxylation is 1. The SMILES string of the molecule is Cc1nn2c(O)c(CC(F)(F)F)c(=O)[nH]c2c1-c1ccncc1. The van der Waals surface area contributed by atoms with Crippen LogP contribution in [0.2, 0.25) is 0 Å². The fourth-order valence-electron chi connectivity index (χ4n) is 2.43. The molecule has 3 heterocycles. The Labute approximate surface area is 127 Å². The molecule has 0 aliphatic heterocycles. The van der Waals surface area contributed by atoms with Crippen LogP contribution in [0.4, 0.5) is 13.2 Å². The molecule has 0 aliphatic carbocycles. The second-order valence-electron chi connectivity index (χ2n) is 5.00. The summed E-state index contributed by atoms with van der Waals surface area (Å²) in [5, 5.41) is 14.1. The Hall–Kier alpha value is -2.84. The monoisotopic (exact) mass is 324 g/mol. The van der Waals surface area contributed by atoms with E-state index in [4.69, 9.17) is 0 Å². The molecule has 3 aromatic heterocycles. The van der Waals surface area contributed by atoms with E-state index in [0.717, 1.165) is 4.52 Å². The van der Waals surface area contributed by atoms with Crippen LogP contribution in [0.15, 0.2) is 29.3 Å². The van der Waals surface area contributed by atoms with Crippen LogP contribution in [-0.4, -0.2) is 30.9 Å². The number of H-pyrrole nitrogens is 1. The summed E-state index contributed by atoms with van der Waals surface area (Å²) in [6, 6.07) is 3.34. The molecule has 0 aliphatic rings. The van der Waals surface area contributed by atoms with Gasteiger partial charge < -0.3 is 10.1 Å². The first-order valence-corrected chi connectivity index (χ1v) is 6.58. The molecule has 23 heavy (non-hydrogen) atoms. The van der Waals surface area contributed by atoms with Crippen LogP contribution in [0.1, 0.15) is 11.3 Å². The molecular formula is C14H11F3N4O2. The maximum Gasteiger partial charge on any atom is 0.393 e. The second kappa shape index (κ2) is 5.11. The molecule has 120 valence electrons. The summed E-state index contributed by atoms with van der Waals surface area (Å²) in [4.78, 5) is 18.2. The largest absolute Gasteiger partial charge is 0.493 e. The summed E-state index contributed by atoms with van der Waals surface area (Å²) in [6.07, 6.45) is -3.08. The lowest BCUT2D eigenvalue weighted by molar-refractivity contribution is -0.127. The Morgan fingerprint density at radius 3 is 2.57 bits per heavy atom. The van der Waals surface area contributed by atoms with E-state index in [1.165, 1.54) is 12.4 Å². The highest BCUT2D eigenvalue weighted by atomic mass is 19.4. The molecule has 0 radical (unpaired) electrons. The Kier molecular flexibility index (Phi) is 3.35. The lowest BCUT2D eigenvalue weighted by Crippen LogP contribution is -2.22. The molecule has 0 aromatic carbocycles. The van der Waals surface area contributed by atoms with Gasteiger partial charge in [0.05, 0.1) is 17.7 Å². The van der Waals surface area contributed by atoms with Crippen LogP contribution >= 0.6 is 0 Å². The van der Waals surface area contributed by atoms with Gasteiger partial charge in [0.1, 0.15) is 5.65 Å². The highest BCUT2D eigenvalue weighted by molar-refractivity contribution is 5.79. The highest BCUT2D eigenvalue weighted by Gasteiger charge is 2.32. The Balaban J connectivity index is 2.28. The van der Waals surface area contributed by atoms with E-state index in [1.807, 2.05) is 0 Å². The average Bonchev–Trinajstić information content (AvgIpc) is 2.80. The molecule has 0 saturated heterocycles. The molecule has 0 fully saturated rings. The molecular weight excluding hydrogens is 313 g/mol. The van der Waals surface area contributed by atoms with Crippen molar-refractivity contribution < 1.29 is 18.3 Å². The van der Waals surface area contributed by atoms with Crippen LogP contribution in [0.5, 0.6) is 5.88 Å². The quantitative estimate of drug-likeness (QED) is 0.757. The Morgan fingerprint density at radius 2 is 1.96 bits per heavy atom. The van der Waals surface area contributed by atoms with Crippen molar-refractivity contribution in [1.82, 2.24) is 19.6 Å². The summed E-state index contributed by atoms with van der Waals surface area (Å²) in [7, 11) is 0. The van der Waals surface area contributed by atoms with E-state index in [1.54, 1.807) is 19.1 Å². The van der Waals surface area contributed by atoms with Gasteiger partial charge in [-0.05, 0) is 24.6 Å². The minimum Gasteiger partial charge on any atom is -0.493 e. The van der Waals surface area contributed by atoms with Crippen molar-refractivity contribution >= 4 is 5.65 Å². The van der Waals surface area contributed by atoms with Crippen molar-refractivity contribution in [2.75, 3.05) is 0 Å². The van der Waals surface area contributed by atoms with E-state index >= 15 is 0 Å². The maximum atomic E-state index is 12.6. The molecule has 0 bridgehead atoms. The number of nitrogens with zero attached hydrogens (tertiary/aromatic N) is 3. The van der Waals surface area contributed by atoms with Gasteiger partial charge in [-0.25, -0.2) is 0 Å². The summed E-state index contributed by atoms with van der Waals surface area (Å²) >= 11 is 0. The number of aromatic amines is 1. The third-order valence-corrected chi connectivity index (χ3v) is 3.38. The number of hydrogen-bond donors (Lipinski definition) is 2. The Morgan fingerprint density at radius 1 is 1.30 bits per heavy atom. The fourth-order valence-corrected chi connectivity index (χ4v) is 2.43. The smallest absolute Gasteiger partial charge is 0.393 e. The molecule has 0 atom stereocenters. The van der Waals surface area contributed by atoms with Gasteiger partial charge in [0, 0.05) is 18.0 Å². The molecule has 3 aromatic rings. The molecule has 6 nitrogen and oxygen atoms in total. The topological polar surface area (TPSA) is 83.3 Å². The summed E-state index contributed by atoms with van der Waals surface area (Å²) in [5.41, 5.74) is -0.00535. The average molecular weight is 324 g/mol. The van der Waals surface area contributed by atoms with Gasteiger partial charge in [-0.15, -0.1) is 0 Å². The van der Waals surface area contributed by atoms with Crippen molar-refractivity contribution in [3.05, 3.63) is 46.1 Å². The maximum absolute atomic E-state index is 12.6. The molecule has 9 heteroatoms. The van der Waals surface area contributed by atoms with E-state index in [0.29, 0.717) is 16.8 Å². The highest BCUT2D eigenvalue weighted by Crippen LogP contribution is 2.30. The van der Waals surface area contributed by atoms with E-state index < -0.39 is 29.6 Å². The first kappa shape index (κ1) is 15.1. The van der Waals surface area contributed by atoms with Gasteiger partial charge in [0.25, 0.3) is 5.56 Å². The second-order valence-corrected chi connectivity index (χ2v) is 5.00. The zero-order valence-corrected chi connectivity index (χ0v) is 11.8. The number of fused-ring (bicyclic) bond motifs is 1.